The molecular weight excluding hydrogens is 266 g/mol. The molecule has 4 heteroatoms. The molecule has 116 valence electrons. The number of nitrogens with zero attached hydrogens (tertiary/aromatic N) is 1. The summed E-state index contributed by atoms with van der Waals surface area (Å²) in [6.45, 7) is 6.37. The summed E-state index contributed by atoms with van der Waals surface area (Å²) in [4.78, 5) is 13.1. The highest BCUT2D eigenvalue weighted by atomic mass is 16.4. The van der Waals surface area contributed by atoms with Crippen LogP contribution in [0.3, 0.4) is 0 Å². The van der Waals surface area contributed by atoms with Crippen LogP contribution >= 0.6 is 0 Å². The van der Waals surface area contributed by atoms with Crippen LogP contribution in [0, 0.1) is 5.92 Å². The number of aliphatic carboxylic acids is 1. The second-order valence-corrected chi connectivity index (χ2v) is 6.25. The molecule has 1 aromatic carbocycles. The topological polar surface area (TPSA) is 60.8 Å². The first-order chi connectivity index (χ1) is 9.97. The highest BCUT2D eigenvalue weighted by Crippen LogP contribution is 2.22. The molecule has 1 aromatic rings. The van der Waals surface area contributed by atoms with E-state index in [0.29, 0.717) is 25.3 Å². The largest absolute Gasteiger partial charge is 0.481 e. The lowest BCUT2D eigenvalue weighted by Gasteiger charge is -2.31. The van der Waals surface area contributed by atoms with Crippen LogP contribution < -0.4 is 0 Å². The van der Waals surface area contributed by atoms with Gasteiger partial charge in [-0.2, -0.15) is 0 Å². The maximum Gasteiger partial charge on any atom is 0.306 e. The quantitative estimate of drug-likeness (QED) is 0.875. The van der Waals surface area contributed by atoms with Gasteiger partial charge in [-0.25, -0.2) is 0 Å². The van der Waals surface area contributed by atoms with E-state index >= 15 is 0 Å². The third-order valence-corrected chi connectivity index (χ3v) is 4.36. The van der Waals surface area contributed by atoms with Gasteiger partial charge in [-0.1, -0.05) is 38.1 Å². The van der Waals surface area contributed by atoms with E-state index in [1.165, 1.54) is 5.56 Å². The summed E-state index contributed by atoms with van der Waals surface area (Å²) in [5.41, 5.74) is 2.20. The molecule has 1 atom stereocenters. The third kappa shape index (κ3) is 4.29. The first-order valence-corrected chi connectivity index (χ1v) is 7.70. The Kier molecular flexibility index (Phi) is 5.37. The Balaban J connectivity index is 1.87. The van der Waals surface area contributed by atoms with Gasteiger partial charge in [0.25, 0.3) is 0 Å². The molecular formula is C17H25NO3. The van der Waals surface area contributed by atoms with E-state index < -0.39 is 12.1 Å². The molecule has 0 aliphatic carbocycles. The van der Waals surface area contributed by atoms with Crippen molar-refractivity contribution >= 4 is 5.97 Å². The minimum absolute atomic E-state index is 0.219. The van der Waals surface area contributed by atoms with Gasteiger partial charge in [0.1, 0.15) is 0 Å². The van der Waals surface area contributed by atoms with Gasteiger partial charge in [0.2, 0.25) is 0 Å². The summed E-state index contributed by atoms with van der Waals surface area (Å²) in [6, 6.07) is 8.12. The number of hydrogen-bond acceptors (Lipinski definition) is 3. The van der Waals surface area contributed by atoms with Gasteiger partial charge in [-0.05, 0) is 43.0 Å². The van der Waals surface area contributed by atoms with E-state index in [-0.39, 0.29) is 5.92 Å². The molecule has 0 saturated carbocycles. The standard InChI is InChI=1S/C17H25NO3/c1-12(2)13-3-5-14(6-4-13)16(19)11-18-9-7-15(8-10-18)17(20)21/h3-6,12,15-16,19H,7-11H2,1-2H3,(H,20,21). The first-order valence-electron chi connectivity index (χ1n) is 7.70. The van der Waals surface area contributed by atoms with E-state index in [2.05, 4.69) is 30.9 Å². The Hall–Kier alpha value is -1.39. The molecule has 2 rings (SSSR count). The van der Waals surface area contributed by atoms with Crippen molar-refractivity contribution in [3.63, 3.8) is 0 Å². The SMILES string of the molecule is CC(C)c1ccc(C(O)CN2CCC(C(=O)O)CC2)cc1. The van der Waals surface area contributed by atoms with Crippen LogP contribution in [0.1, 0.15) is 49.8 Å². The summed E-state index contributed by atoms with van der Waals surface area (Å²) >= 11 is 0. The van der Waals surface area contributed by atoms with Gasteiger partial charge in [0, 0.05) is 6.54 Å². The average molecular weight is 291 g/mol. The first kappa shape index (κ1) is 16.0. The smallest absolute Gasteiger partial charge is 0.306 e. The van der Waals surface area contributed by atoms with Crippen molar-refractivity contribution in [3.8, 4) is 0 Å². The number of carbonyl (C=O) groups is 1. The normalized spacial score (nSPS) is 18.9. The van der Waals surface area contributed by atoms with Crippen molar-refractivity contribution in [1.82, 2.24) is 4.90 Å². The van der Waals surface area contributed by atoms with Crippen LogP contribution in [0.5, 0.6) is 0 Å². The van der Waals surface area contributed by atoms with Gasteiger partial charge in [-0.3, -0.25) is 4.79 Å². The summed E-state index contributed by atoms with van der Waals surface area (Å²) in [5.74, 6) is -0.422. The summed E-state index contributed by atoms with van der Waals surface area (Å²) in [5, 5.41) is 19.3. The maximum atomic E-state index is 10.9. The van der Waals surface area contributed by atoms with E-state index in [4.69, 9.17) is 5.11 Å². The highest BCUT2D eigenvalue weighted by molar-refractivity contribution is 5.70. The Labute approximate surface area is 126 Å². The highest BCUT2D eigenvalue weighted by Gasteiger charge is 2.25. The Morgan fingerprint density at radius 2 is 1.71 bits per heavy atom. The van der Waals surface area contributed by atoms with Gasteiger partial charge in [0.15, 0.2) is 0 Å². The molecule has 4 nitrogen and oxygen atoms in total. The molecule has 1 aliphatic heterocycles. The van der Waals surface area contributed by atoms with Crippen molar-refractivity contribution in [2.75, 3.05) is 19.6 Å². The minimum Gasteiger partial charge on any atom is -0.481 e. The molecule has 0 bridgehead atoms. The van der Waals surface area contributed by atoms with Gasteiger partial charge >= 0.3 is 5.97 Å². The number of benzene rings is 1. The lowest BCUT2D eigenvalue weighted by molar-refractivity contribution is -0.143. The fourth-order valence-electron chi connectivity index (χ4n) is 2.82. The maximum absolute atomic E-state index is 10.9. The molecule has 0 radical (unpaired) electrons. The number of rotatable bonds is 5. The predicted octanol–water partition coefficient (Wildman–Crippen LogP) is 2.64. The molecule has 1 heterocycles. The fourth-order valence-corrected chi connectivity index (χ4v) is 2.82. The van der Waals surface area contributed by atoms with Crippen molar-refractivity contribution < 1.29 is 15.0 Å². The number of β-amino-alcohol motifs (C(OH)–C–C–N with tert-alkyl or cyclic N) is 1. The molecule has 1 saturated heterocycles. The number of likely N-dealkylation sites (tertiary alicyclic amines) is 1. The number of aliphatic hydroxyl groups excluding tert-OH is 1. The zero-order chi connectivity index (χ0) is 15.4. The van der Waals surface area contributed by atoms with Crippen molar-refractivity contribution in [1.29, 1.82) is 0 Å². The molecule has 0 aromatic heterocycles. The molecule has 21 heavy (non-hydrogen) atoms. The Morgan fingerprint density at radius 3 is 2.19 bits per heavy atom. The number of carboxylic acids is 1. The lowest BCUT2D eigenvalue weighted by atomic mass is 9.96. The van der Waals surface area contributed by atoms with E-state index in [0.717, 1.165) is 18.7 Å². The van der Waals surface area contributed by atoms with Crippen molar-refractivity contribution in [2.45, 2.75) is 38.7 Å². The fraction of sp³-hybridized carbons (Fsp3) is 0.588. The van der Waals surface area contributed by atoms with Crippen LogP contribution in [0.15, 0.2) is 24.3 Å². The molecule has 0 spiro atoms. The monoisotopic (exact) mass is 291 g/mol. The summed E-state index contributed by atoms with van der Waals surface area (Å²) < 4.78 is 0. The number of aliphatic hydroxyl groups is 1. The molecule has 1 fully saturated rings. The van der Waals surface area contributed by atoms with Crippen LogP contribution in [0.2, 0.25) is 0 Å². The molecule has 1 unspecified atom stereocenters. The van der Waals surface area contributed by atoms with Crippen LogP contribution in [0.4, 0.5) is 0 Å². The van der Waals surface area contributed by atoms with Crippen molar-refractivity contribution in [2.24, 2.45) is 5.92 Å². The summed E-state index contributed by atoms with van der Waals surface area (Å²) in [6.07, 6.45) is 0.843. The lowest BCUT2D eigenvalue weighted by Crippen LogP contribution is -2.38. The molecule has 1 aliphatic rings. The van der Waals surface area contributed by atoms with Crippen LogP contribution in [0.25, 0.3) is 0 Å². The number of piperidine rings is 1. The zero-order valence-corrected chi connectivity index (χ0v) is 12.8. The van der Waals surface area contributed by atoms with Gasteiger partial charge < -0.3 is 15.1 Å². The zero-order valence-electron chi connectivity index (χ0n) is 12.8. The predicted molar refractivity (Wildman–Crippen MR) is 82.3 cm³/mol. The molecule has 0 amide bonds. The van der Waals surface area contributed by atoms with Gasteiger partial charge in [0.05, 0.1) is 12.0 Å². The average Bonchev–Trinajstić information content (AvgIpc) is 2.47. The van der Waals surface area contributed by atoms with Crippen LogP contribution in [-0.4, -0.2) is 40.7 Å². The Morgan fingerprint density at radius 1 is 1.19 bits per heavy atom. The second kappa shape index (κ2) is 7.05. The Bertz CT molecular complexity index is 461. The van der Waals surface area contributed by atoms with E-state index in [1.807, 2.05) is 12.1 Å². The molecule has 2 N–H and O–H groups in total. The number of hydrogen-bond donors (Lipinski definition) is 2. The second-order valence-electron chi connectivity index (χ2n) is 6.25. The van der Waals surface area contributed by atoms with E-state index in [1.54, 1.807) is 0 Å². The minimum atomic E-state index is -0.695. The van der Waals surface area contributed by atoms with E-state index in [9.17, 15) is 9.90 Å². The number of carboxylic acid groups (broad SMARTS) is 1. The van der Waals surface area contributed by atoms with Gasteiger partial charge in [-0.15, -0.1) is 0 Å². The third-order valence-electron chi connectivity index (χ3n) is 4.36. The van der Waals surface area contributed by atoms with Crippen LogP contribution in [-0.2, 0) is 4.79 Å². The van der Waals surface area contributed by atoms with Crippen molar-refractivity contribution in [3.05, 3.63) is 35.4 Å². The summed E-state index contributed by atoms with van der Waals surface area (Å²) in [7, 11) is 0.